The predicted octanol–water partition coefficient (Wildman–Crippen LogP) is 4.71. The van der Waals surface area contributed by atoms with Crippen molar-refractivity contribution in [2.24, 2.45) is 5.10 Å². The highest BCUT2D eigenvalue weighted by atomic mass is 79.9. The van der Waals surface area contributed by atoms with E-state index in [4.69, 9.17) is 0 Å². The second-order valence-electron chi connectivity index (χ2n) is 7.68. The van der Waals surface area contributed by atoms with Crippen molar-refractivity contribution in [1.29, 1.82) is 0 Å². The molecule has 0 radical (unpaired) electrons. The Morgan fingerprint density at radius 2 is 2.15 bits per heavy atom. The molecule has 1 fully saturated rings. The van der Waals surface area contributed by atoms with Gasteiger partial charge >= 0.3 is 5.97 Å². The fourth-order valence-electron chi connectivity index (χ4n) is 3.33. The molecule has 1 saturated carbocycles. The van der Waals surface area contributed by atoms with Crippen LogP contribution in [0.5, 0.6) is 0 Å². The summed E-state index contributed by atoms with van der Waals surface area (Å²) in [6.45, 7) is 3.25. The number of hydrogen-bond acceptors (Lipinski definition) is 6. The van der Waals surface area contributed by atoms with E-state index in [9.17, 15) is 18.7 Å². The van der Waals surface area contributed by atoms with Gasteiger partial charge in [0.1, 0.15) is 9.75 Å². The van der Waals surface area contributed by atoms with Gasteiger partial charge < -0.3 is 5.11 Å². The number of alkyl halides is 3. The Morgan fingerprint density at radius 3 is 2.78 bits per heavy atom. The summed E-state index contributed by atoms with van der Waals surface area (Å²) in [5, 5.41) is 14.9. The van der Waals surface area contributed by atoms with Crippen LogP contribution >= 0.6 is 39.0 Å². The lowest BCUT2D eigenvalue weighted by Crippen LogP contribution is -2.38. The molecule has 4 rings (SSSR count). The minimum absolute atomic E-state index is 0.150. The third-order valence-corrected chi connectivity index (χ3v) is 8.24. The monoisotopic (exact) mass is 479 g/mol. The van der Waals surface area contributed by atoms with E-state index in [1.165, 1.54) is 0 Å². The molecule has 2 heterocycles. The smallest absolute Gasteiger partial charge is 0.319 e. The van der Waals surface area contributed by atoms with Gasteiger partial charge in [0, 0.05) is 17.7 Å². The molecule has 0 amide bonds. The van der Waals surface area contributed by atoms with E-state index in [-0.39, 0.29) is 17.9 Å². The molecule has 1 unspecified atom stereocenters. The number of rotatable bonds is 4. The lowest BCUT2D eigenvalue weighted by molar-refractivity contribution is -0.138. The minimum atomic E-state index is -2.65. The zero-order chi connectivity index (χ0) is 19.6. The summed E-state index contributed by atoms with van der Waals surface area (Å²) < 4.78 is 27.1. The number of nitrogens with zero attached hydrogens (tertiary/aromatic N) is 2. The number of halogens is 3. The highest BCUT2D eigenvalue weighted by Gasteiger charge is 2.44. The molecule has 1 aromatic rings. The van der Waals surface area contributed by atoms with Crippen molar-refractivity contribution in [2.45, 2.75) is 67.6 Å². The van der Waals surface area contributed by atoms with Crippen LogP contribution in [0, 0.1) is 0 Å². The molecule has 5 nitrogen and oxygen atoms in total. The first-order valence-electron chi connectivity index (χ1n) is 8.80. The molecule has 0 bridgehead atoms. The third kappa shape index (κ3) is 3.60. The van der Waals surface area contributed by atoms with Gasteiger partial charge in [-0.3, -0.25) is 15.1 Å². The van der Waals surface area contributed by atoms with Gasteiger partial charge in [-0.1, -0.05) is 11.8 Å². The van der Waals surface area contributed by atoms with Gasteiger partial charge in [-0.05, 0) is 66.1 Å². The van der Waals surface area contributed by atoms with Gasteiger partial charge in [-0.15, -0.1) is 11.3 Å². The summed E-state index contributed by atoms with van der Waals surface area (Å²) in [6.07, 6.45) is 2.09. The van der Waals surface area contributed by atoms with E-state index < -0.39 is 16.6 Å². The van der Waals surface area contributed by atoms with Gasteiger partial charge in [0.25, 0.3) is 5.92 Å². The summed E-state index contributed by atoms with van der Waals surface area (Å²) in [5.41, 5.74) is 4.71. The van der Waals surface area contributed by atoms with Crippen molar-refractivity contribution in [3.63, 3.8) is 0 Å². The predicted molar refractivity (Wildman–Crippen MR) is 108 cm³/mol. The number of fused-ring (bicyclic) bond motifs is 1. The summed E-state index contributed by atoms with van der Waals surface area (Å²) in [6, 6.07) is 0. The number of amidine groups is 1. The number of nitrogens with one attached hydrogen (secondary N) is 1. The standard InChI is InChI=1S/C17H20BrF2N3O2S2/c1-16(2,13(24)25)27-15-22-21-14(18)23(15)12-9-5-6-17(19,20)7-10(9)11(26-12)8-3-4-8/h8,14,21H,3-7H2,1-2H3,(H,24,25). The maximum Gasteiger partial charge on any atom is 0.319 e. The van der Waals surface area contributed by atoms with Crippen molar-refractivity contribution in [3.8, 4) is 0 Å². The number of carboxylic acids is 1. The Bertz CT molecular complexity index is 823. The summed E-state index contributed by atoms with van der Waals surface area (Å²) in [4.78, 5) is 14.5. The molecule has 10 heteroatoms. The molecule has 1 atom stereocenters. The number of anilines is 1. The summed E-state index contributed by atoms with van der Waals surface area (Å²) in [7, 11) is 0. The fourth-order valence-corrected chi connectivity index (χ4v) is 6.67. The molecule has 27 heavy (non-hydrogen) atoms. The van der Waals surface area contributed by atoms with Crippen LogP contribution in [0.2, 0.25) is 0 Å². The average molecular weight is 480 g/mol. The van der Waals surface area contributed by atoms with Crippen LogP contribution in [0.3, 0.4) is 0 Å². The molecule has 0 saturated heterocycles. The van der Waals surface area contributed by atoms with Crippen molar-refractivity contribution < 1.29 is 18.7 Å². The number of carboxylic acid groups (broad SMARTS) is 1. The van der Waals surface area contributed by atoms with Gasteiger partial charge in [0.2, 0.25) is 0 Å². The Morgan fingerprint density at radius 1 is 1.44 bits per heavy atom. The summed E-state index contributed by atoms with van der Waals surface area (Å²) in [5.74, 6) is -3.19. The summed E-state index contributed by atoms with van der Waals surface area (Å²) >= 11 is 6.25. The topological polar surface area (TPSA) is 64.9 Å². The molecule has 1 aromatic heterocycles. The van der Waals surface area contributed by atoms with Gasteiger partial charge in [0.15, 0.2) is 10.2 Å². The van der Waals surface area contributed by atoms with Crippen LogP contribution in [-0.4, -0.2) is 32.0 Å². The van der Waals surface area contributed by atoms with Crippen LogP contribution in [0.4, 0.5) is 13.8 Å². The first-order chi connectivity index (χ1) is 12.6. The van der Waals surface area contributed by atoms with Crippen LogP contribution in [0.25, 0.3) is 0 Å². The molecule has 3 aliphatic rings. The molecule has 148 valence electrons. The molecule has 0 spiro atoms. The number of thioether (sulfide) groups is 1. The molecule has 2 aliphatic carbocycles. The number of hydrazone groups is 1. The van der Waals surface area contributed by atoms with E-state index >= 15 is 0 Å². The van der Waals surface area contributed by atoms with Crippen molar-refractivity contribution in [2.75, 3.05) is 4.90 Å². The highest BCUT2D eigenvalue weighted by Crippen LogP contribution is 2.54. The zero-order valence-electron chi connectivity index (χ0n) is 14.9. The highest BCUT2D eigenvalue weighted by molar-refractivity contribution is 9.09. The number of hydrogen-bond donors (Lipinski definition) is 2. The minimum Gasteiger partial charge on any atom is -0.480 e. The second kappa shape index (κ2) is 6.59. The first kappa shape index (κ1) is 19.4. The van der Waals surface area contributed by atoms with E-state index in [2.05, 4.69) is 26.5 Å². The lowest BCUT2D eigenvalue weighted by Gasteiger charge is -2.28. The molecular formula is C17H20BrF2N3O2S2. The normalized spacial score (nSPS) is 24.4. The quantitative estimate of drug-likeness (QED) is 0.483. The molecule has 2 N–H and O–H groups in total. The Kier molecular flexibility index (Phi) is 4.74. The molecule has 1 aliphatic heterocycles. The zero-order valence-corrected chi connectivity index (χ0v) is 18.1. The van der Waals surface area contributed by atoms with Crippen LogP contribution in [0.1, 0.15) is 55.0 Å². The van der Waals surface area contributed by atoms with Gasteiger partial charge in [0.05, 0.1) is 0 Å². The van der Waals surface area contributed by atoms with Crippen molar-refractivity contribution in [1.82, 2.24) is 5.43 Å². The molecule has 0 aromatic carbocycles. The lowest BCUT2D eigenvalue weighted by atomic mass is 9.89. The van der Waals surface area contributed by atoms with Crippen molar-refractivity contribution >= 4 is 55.2 Å². The maximum atomic E-state index is 14.1. The third-order valence-electron chi connectivity index (χ3n) is 5.03. The van der Waals surface area contributed by atoms with E-state index in [1.54, 1.807) is 25.2 Å². The van der Waals surface area contributed by atoms with Crippen LogP contribution < -0.4 is 10.3 Å². The van der Waals surface area contributed by atoms with E-state index in [0.717, 1.165) is 45.6 Å². The largest absolute Gasteiger partial charge is 0.480 e. The Hall–Kier alpha value is -0.870. The number of thiophene rings is 1. The van der Waals surface area contributed by atoms with E-state index in [0.29, 0.717) is 17.5 Å². The van der Waals surface area contributed by atoms with Gasteiger partial charge in [-0.25, -0.2) is 8.78 Å². The first-order valence-corrected chi connectivity index (χ1v) is 11.3. The van der Waals surface area contributed by atoms with Crippen LogP contribution in [-0.2, 0) is 17.6 Å². The second-order valence-corrected chi connectivity index (χ2v) is 11.2. The average Bonchev–Trinajstić information content (AvgIpc) is 3.26. The SMILES string of the molecule is CC(C)(SC1=NNC(Br)N1c1sc(C2CC2)c2c1CCC(F)(F)C2)C(=O)O. The molecular weight excluding hydrogens is 460 g/mol. The maximum absolute atomic E-state index is 14.1. The Balaban J connectivity index is 1.72. The van der Waals surface area contributed by atoms with E-state index in [1.807, 2.05) is 4.90 Å². The number of aliphatic carboxylic acids is 1. The number of carbonyl (C=O) groups is 1. The Labute approximate surface area is 172 Å². The van der Waals surface area contributed by atoms with Crippen molar-refractivity contribution in [3.05, 3.63) is 16.0 Å². The van der Waals surface area contributed by atoms with Gasteiger partial charge in [-0.2, -0.15) is 5.10 Å². The fraction of sp³-hybridized carbons (Fsp3) is 0.647. The van der Waals surface area contributed by atoms with Crippen LogP contribution in [0.15, 0.2) is 5.10 Å².